The second-order valence-electron chi connectivity index (χ2n) is 4.27. The summed E-state index contributed by atoms with van der Waals surface area (Å²) in [5.41, 5.74) is 1.99. The monoisotopic (exact) mass is 295 g/mol. The van der Waals surface area contributed by atoms with E-state index >= 15 is 0 Å². The molecule has 19 heavy (non-hydrogen) atoms. The van der Waals surface area contributed by atoms with Gasteiger partial charge in [0, 0.05) is 0 Å². The highest BCUT2D eigenvalue weighted by molar-refractivity contribution is 7.89. The molecule has 1 aromatic rings. The van der Waals surface area contributed by atoms with Crippen molar-refractivity contribution >= 4 is 10.0 Å². The van der Waals surface area contributed by atoms with E-state index in [1.54, 1.807) is 6.07 Å². The summed E-state index contributed by atoms with van der Waals surface area (Å²) >= 11 is 0. The molecule has 0 atom stereocenters. The van der Waals surface area contributed by atoms with E-state index in [-0.39, 0.29) is 4.90 Å². The molecule has 0 bridgehead atoms. The van der Waals surface area contributed by atoms with Crippen molar-refractivity contribution in [3.05, 3.63) is 29.3 Å². The van der Waals surface area contributed by atoms with Crippen LogP contribution in [0.4, 0.5) is 13.2 Å². The van der Waals surface area contributed by atoms with Gasteiger partial charge in [-0.05, 0) is 42.5 Å². The molecule has 106 valence electrons. The lowest BCUT2D eigenvalue weighted by Gasteiger charge is -2.10. The summed E-state index contributed by atoms with van der Waals surface area (Å²) in [6, 6.07) is 4.52. The number of hydrogen-bond acceptors (Lipinski definition) is 3. The quantitative estimate of drug-likeness (QED) is 0.864. The van der Waals surface area contributed by atoms with Crippen LogP contribution in [0.25, 0.3) is 0 Å². The first-order chi connectivity index (χ1) is 8.78. The van der Waals surface area contributed by atoms with E-state index in [9.17, 15) is 21.6 Å². The van der Waals surface area contributed by atoms with Crippen molar-refractivity contribution in [2.75, 3.05) is 6.61 Å². The molecule has 0 aromatic heterocycles. The fourth-order valence-electron chi connectivity index (χ4n) is 1.95. The molecule has 1 aliphatic rings. The van der Waals surface area contributed by atoms with E-state index in [2.05, 4.69) is 4.84 Å². The molecule has 8 heteroatoms. The lowest BCUT2D eigenvalue weighted by atomic mass is 10.1. The predicted molar refractivity (Wildman–Crippen MR) is 60.8 cm³/mol. The maximum atomic E-state index is 11.9. The third-order valence-electron chi connectivity index (χ3n) is 2.78. The lowest BCUT2D eigenvalue weighted by Crippen LogP contribution is -2.29. The standard InChI is InChI=1S/C11H12F3NO3S/c12-11(13,14)7-18-15-19(16,17)10-5-4-8-2-1-3-9(8)6-10/h4-6,15H,1-3,7H2. The van der Waals surface area contributed by atoms with Crippen molar-refractivity contribution in [1.82, 2.24) is 4.89 Å². The summed E-state index contributed by atoms with van der Waals surface area (Å²) in [6.45, 7) is -1.67. The molecule has 0 unspecified atom stereocenters. The van der Waals surface area contributed by atoms with Crippen molar-refractivity contribution in [1.29, 1.82) is 0 Å². The molecule has 4 nitrogen and oxygen atoms in total. The second kappa shape index (κ2) is 5.10. The van der Waals surface area contributed by atoms with Crippen LogP contribution in [0.15, 0.2) is 23.1 Å². The third kappa shape index (κ3) is 3.68. The number of rotatable bonds is 4. The van der Waals surface area contributed by atoms with Gasteiger partial charge in [-0.15, -0.1) is 0 Å². The number of nitrogens with one attached hydrogen (secondary N) is 1. The van der Waals surface area contributed by atoms with Crippen molar-refractivity contribution in [3.63, 3.8) is 0 Å². The van der Waals surface area contributed by atoms with Crippen molar-refractivity contribution in [3.8, 4) is 0 Å². The van der Waals surface area contributed by atoms with Crippen LogP contribution in [-0.2, 0) is 27.7 Å². The first-order valence-corrected chi connectivity index (χ1v) is 7.08. The zero-order valence-electron chi connectivity index (χ0n) is 9.83. The number of sulfonamides is 1. The number of aryl methyl sites for hydroxylation is 2. The third-order valence-corrected chi connectivity index (χ3v) is 4.00. The van der Waals surface area contributed by atoms with E-state index in [0.717, 1.165) is 30.4 Å². The molecule has 0 saturated heterocycles. The molecule has 0 aliphatic heterocycles. The highest BCUT2D eigenvalue weighted by atomic mass is 32.2. The molecule has 1 aromatic carbocycles. The molecule has 2 rings (SSSR count). The molecule has 0 saturated carbocycles. The Morgan fingerprint density at radius 2 is 1.89 bits per heavy atom. The van der Waals surface area contributed by atoms with E-state index in [1.165, 1.54) is 17.0 Å². The Bertz CT molecular complexity index is 569. The smallest absolute Gasteiger partial charge is 0.277 e. The van der Waals surface area contributed by atoms with Crippen molar-refractivity contribution < 1.29 is 26.4 Å². The van der Waals surface area contributed by atoms with E-state index < -0.39 is 22.8 Å². The van der Waals surface area contributed by atoms with Crippen LogP contribution in [0, 0.1) is 0 Å². The van der Waals surface area contributed by atoms with Crippen LogP contribution in [0.5, 0.6) is 0 Å². The number of fused-ring (bicyclic) bond motifs is 1. The summed E-state index contributed by atoms with van der Waals surface area (Å²) in [5.74, 6) is 0. The van der Waals surface area contributed by atoms with E-state index in [1.807, 2.05) is 0 Å². The lowest BCUT2D eigenvalue weighted by molar-refractivity contribution is -0.181. The van der Waals surface area contributed by atoms with Crippen LogP contribution >= 0.6 is 0 Å². The molecule has 0 fully saturated rings. The Hall–Kier alpha value is -1.12. The minimum Gasteiger partial charge on any atom is -0.277 e. The summed E-state index contributed by atoms with van der Waals surface area (Å²) in [7, 11) is -4.08. The topological polar surface area (TPSA) is 55.4 Å². The van der Waals surface area contributed by atoms with Gasteiger partial charge in [-0.3, -0.25) is 4.84 Å². The largest absolute Gasteiger partial charge is 0.413 e. The Morgan fingerprint density at radius 3 is 2.58 bits per heavy atom. The zero-order chi connectivity index (χ0) is 14.1. The number of benzene rings is 1. The summed E-state index contributed by atoms with van der Waals surface area (Å²) in [4.78, 5) is 5.36. The van der Waals surface area contributed by atoms with Gasteiger partial charge in [-0.25, -0.2) is 8.42 Å². The highest BCUT2D eigenvalue weighted by Gasteiger charge is 2.29. The first-order valence-electron chi connectivity index (χ1n) is 5.60. The molecular formula is C11H12F3NO3S. The first kappa shape index (κ1) is 14.3. The van der Waals surface area contributed by atoms with Gasteiger partial charge < -0.3 is 0 Å². The van der Waals surface area contributed by atoms with Gasteiger partial charge in [-0.2, -0.15) is 13.2 Å². The van der Waals surface area contributed by atoms with E-state index in [4.69, 9.17) is 0 Å². The van der Waals surface area contributed by atoms with Crippen LogP contribution in [0.3, 0.4) is 0 Å². The molecule has 1 aliphatic carbocycles. The van der Waals surface area contributed by atoms with E-state index in [0.29, 0.717) is 0 Å². The van der Waals surface area contributed by atoms with Gasteiger partial charge in [0.1, 0.15) is 0 Å². The minimum atomic E-state index is -4.58. The summed E-state index contributed by atoms with van der Waals surface area (Å²) in [6.07, 6.45) is -1.95. The maximum Gasteiger partial charge on any atom is 0.413 e. The predicted octanol–water partition coefficient (Wildman–Crippen LogP) is 1.95. The molecule has 0 spiro atoms. The van der Waals surface area contributed by atoms with Crippen molar-refractivity contribution in [2.45, 2.75) is 30.3 Å². The fraction of sp³-hybridized carbons (Fsp3) is 0.455. The normalized spacial score (nSPS) is 15.5. The van der Waals surface area contributed by atoms with Gasteiger partial charge in [0.25, 0.3) is 10.0 Å². The SMILES string of the molecule is O=S(=O)(NOCC(F)(F)F)c1ccc2c(c1)CCC2. The Labute approximate surface area is 108 Å². The summed E-state index contributed by atoms with van der Waals surface area (Å²) in [5, 5.41) is 0. The van der Waals surface area contributed by atoms with Gasteiger partial charge in [0.15, 0.2) is 6.61 Å². The molecule has 0 amide bonds. The van der Waals surface area contributed by atoms with Gasteiger partial charge in [0.2, 0.25) is 0 Å². The minimum absolute atomic E-state index is 0.0877. The molecular weight excluding hydrogens is 283 g/mol. The number of hydrogen-bond donors (Lipinski definition) is 1. The van der Waals surface area contributed by atoms with Crippen molar-refractivity contribution in [2.24, 2.45) is 0 Å². The van der Waals surface area contributed by atoms with Crippen LogP contribution in [0.1, 0.15) is 17.5 Å². The molecule has 0 radical (unpaired) electrons. The maximum absolute atomic E-state index is 11.9. The highest BCUT2D eigenvalue weighted by Crippen LogP contribution is 2.24. The number of halogens is 3. The molecule has 1 N–H and O–H groups in total. The second-order valence-corrected chi connectivity index (χ2v) is 5.92. The number of alkyl halides is 3. The van der Waals surface area contributed by atoms with Gasteiger partial charge >= 0.3 is 6.18 Å². The molecule has 0 heterocycles. The van der Waals surface area contributed by atoms with Crippen LogP contribution < -0.4 is 4.89 Å². The van der Waals surface area contributed by atoms with Gasteiger partial charge in [0.05, 0.1) is 4.90 Å². The average Bonchev–Trinajstić information content (AvgIpc) is 2.73. The van der Waals surface area contributed by atoms with Crippen LogP contribution in [-0.4, -0.2) is 21.2 Å². The Kier molecular flexibility index (Phi) is 3.84. The Morgan fingerprint density at radius 1 is 1.21 bits per heavy atom. The fourth-order valence-corrected chi connectivity index (χ4v) is 2.81. The van der Waals surface area contributed by atoms with Crippen LogP contribution in [0.2, 0.25) is 0 Å². The average molecular weight is 295 g/mol. The zero-order valence-corrected chi connectivity index (χ0v) is 10.6. The van der Waals surface area contributed by atoms with Gasteiger partial charge in [-0.1, -0.05) is 11.0 Å². The summed E-state index contributed by atoms with van der Waals surface area (Å²) < 4.78 is 59.0. The Balaban J connectivity index is 2.07.